The van der Waals surface area contributed by atoms with Gasteiger partial charge in [-0.25, -0.2) is 0 Å². The SMILES string of the molecule is [CH2-]c1ccncc1.[I-].[Mg+2]. The first kappa shape index (κ1) is 12.2. The molecular weight excluding hydrogens is 237 g/mol. The Hall–Kier alpha value is 0.516. The van der Waals surface area contributed by atoms with E-state index in [1.165, 1.54) is 0 Å². The number of hydrogen-bond acceptors (Lipinski definition) is 1. The molecule has 0 radical (unpaired) electrons. The smallest absolute Gasteiger partial charge is 1.00 e. The van der Waals surface area contributed by atoms with Crippen molar-refractivity contribution >= 4 is 23.1 Å². The molecule has 3 heteroatoms. The Balaban J connectivity index is 0. The van der Waals surface area contributed by atoms with Crippen LogP contribution in [0.5, 0.6) is 0 Å². The first-order valence-corrected chi connectivity index (χ1v) is 2.11. The Morgan fingerprint density at radius 1 is 1.22 bits per heavy atom. The van der Waals surface area contributed by atoms with E-state index in [1.807, 2.05) is 12.1 Å². The molecule has 0 saturated carbocycles. The third-order valence-corrected chi connectivity index (χ3v) is 0.749. The summed E-state index contributed by atoms with van der Waals surface area (Å²) in [4.78, 5) is 3.81. The first-order valence-electron chi connectivity index (χ1n) is 2.11. The van der Waals surface area contributed by atoms with Crippen molar-refractivity contribution in [3.8, 4) is 0 Å². The van der Waals surface area contributed by atoms with E-state index in [1.54, 1.807) is 12.4 Å². The molecule has 0 aliphatic heterocycles. The molecule has 1 aromatic heterocycles. The summed E-state index contributed by atoms with van der Waals surface area (Å²) in [6.45, 7) is 3.68. The van der Waals surface area contributed by atoms with E-state index in [-0.39, 0.29) is 47.0 Å². The number of aromatic nitrogens is 1. The van der Waals surface area contributed by atoms with Gasteiger partial charge in [-0.15, -0.1) is 12.1 Å². The molecule has 1 heterocycles. The Kier molecular flexibility index (Phi) is 9.00. The second-order valence-electron chi connectivity index (χ2n) is 1.36. The van der Waals surface area contributed by atoms with Crippen LogP contribution in [0.3, 0.4) is 0 Å². The summed E-state index contributed by atoms with van der Waals surface area (Å²) in [5.74, 6) is 0. The topological polar surface area (TPSA) is 12.9 Å². The molecule has 44 valence electrons. The van der Waals surface area contributed by atoms with Crippen LogP contribution in [0, 0.1) is 6.92 Å². The van der Waals surface area contributed by atoms with Crippen molar-refractivity contribution in [2.75, 3.05) is 0 Å². The van der Waals surface area contributed by atoms with Gasteiger partial charge >= 0.3 is 23.1 Å². The fraction of sp³-hybridized carbons (Fsp3) is 0. The molecule has 0 atom stereocenters. The van der Waals surface area contributed by atoms with Crippen LogP contribution in [-0.2, 0) is 0 Å². The average Bonchev–Trinajstić information content (AvgIpc) is 1.69. The van der Waals surface area contributed by atoms with Crippen LogP contribution in [0.2, 0.25) is 0 Å². The summed E-state index contributed by atoms with van der Waals surface area (Å²) in [6, 6.07) is 3.72. The van der Waals surface area contributed by atoms with Crippen molar-refractivity contribution in [3.63, 3.8) is 0 Å². The minimum atomic E-state index is 0. The fourth-order valence-electron chi connectivity index (χ4n) is 0.383. The van der Waals surface area contributed by atoms with Crippen molar-refractivity contribution in [1.82, 2.24) is 4.98 Å². The quantitative estimate of drug-likeness (QED) is 0.289. The summed E-state index contributed by atoms with van der Waals surface area (Å²) >= 11 is 0. The predicted octanol–water partition coefficient (Wildman–Crippen LogP) is -2.11. The Bertz CT molecular complexity index is 143. The van der Waals surface area contributed by atoms with Crippen LogP contribution in [0.1, 0.15) is 5.56 Å². The number of pyridine rings is 1. The van der Waals surface area contributed by atoms with Gasteiger partial charge in [-0.1, -0.05) is 0 Å². The van der Waals surface area contributed by atoms with Crippen molar-refractivity contribution in [3.05, 3.63) is 37.0 Å². The van der Waals surface area contributed by atoms with E-state index in [0.717, 1.165) is 5.56 Å². The first-order chi connectivity index (χ1) is 3.39. The second kappa shape index (κ2) is 6.63. The molecule has 0 saturated heterocycles. The van der Waals surface area contributed by atoms with Gasteiger partial charge in [0.1, 0.15) is 0 Å². The summed E-state index contributed by atoms with van der Waals surface area (Å²) in [5.41, 5.74) is 1.01. The van der Waals surface area contributed by atoms with Crippen molar-refractivity contribution < 1.29 is 24.0 Å². The monoisotopic (exact) mass is 243 g/mol. The third kappa shape index (κ3) is 4.99. The minimum absolute atomic E-state index is 0. The molecule has 1 nitrogen and oxygen atoms in total. The maximum Gasteiger partial charge on any atom is 2.00 e. The molecule has 9 heavy (non-hydrogen) atoms. The van der Waals surface area contributed by atoms with Gasteiger partial charge < -0.3 is 24.0 Å². The van der Waals surface area contributed by atoms with Crippen molar-refractivity contribution in [2.45, 2.75) is 0 Å². The molecule has 0 amide bonds. The van der Waals surface area contributed by atoms with Crippen LogP contribution in [0.4, 0.5) is 0 Å². The summed E-state index contributed by atoms with van der Waals surface area (Å²) in [5, 5.41) is 0. The summed E-state index contributed by atoms with van der Waals surface area (Å²) in [7, 11) is 0. The van der Waals surface area contributed by atoms with Crippen LogP contribution in [-0.4, -0.2) is 28.0 Å². The summed E-state index contributed by atoms with van der Waals surface area (Å²) in [6.07, 6.45) is 3.45. The van der Waals surface area contributed by atoms with Gasteiger partial charge in [0, 0.05) is 0 Å². The number of nitrogens with zero attached hydrogens (tertiary/aromatic N) is 1. The zero-order chi connectivity index (χ0) is 5.11. The molecule has 0 aliphatic carbocycles. The molecule has 0 N–H and O–H groups in total. The average molecular weight is 243 g/mol. The van der Waals surface area contributed by atoms with Crippen molar-refractivity contribution in [2.24, 2.45) is 0 Å². The summed E-state index contributed by atoms with van der Waals surface area (Å²) < 4.78 is 0. The van der Waals surface area contributed by atoms with Crippen LogP contribution in [0.15, 0.2) is 24.5 Å². The fourth-order valence-corrected chi connectivity index (χ4v) is 0.383. The standard InChI is InChI=1S/C6H6N.HI.Mg/c1-6-2-4-7-5-3-6;;/h2-5H,1H2;1H;/q-1;;+2/p-1. The Labute approximate surface area is 88.4 Å². The maximum atomic E-state index is 3.81. The van der Waals surface area contributed by atoms with Gasteiger partial charge in [0.2, 0.25) is 0 Å². The number of rotatable bonds is 0. The second-order valence-corrected chi connectivity index (χ2v) is 1.36. The zero-order valence-electron chi connectivity index (χ0n) is 5.05. The van der Waals surface area contributed by atoms with E-state index < -0.39 is 0 Å². The number of halogens is 1. The molecule has 0 aliphatic rings. The van der Waals surface area contributed by atoms with Gasteiger partial charge in [-0.05, 0) is 12.4 Å². The zero-order valence-corrected chi connectivity index (χ0v) is 8.62. The van der Waals surface area contributed by atoms with Crippen LogP contribution >= 0.6 is 0 Å². The van der Waals surface area contributed by atoms with Gasteiger partial charge in [0.05, 0.1) is 0 Å². The molecule has 1 aromatic rings. The molecule has 0 spiro atoms. The minimum Gasteiger partial charge on any atom is -1.00 e. The molecule has 0 aromatic carbocycles. The van der Waals surface area contributed by atoms with E-state index in [2.05, 4.69) is 11.9 Å². The van der Waals surface area contributed by atoms with Gasteiger partial charge in [0.25, 0.3) is 0 Å². The van der Waals surface area contributed by atoms with E-state index >= 15 is 0 Å². The molecule has 0 unspecified atom stereocenters. The van der Waals surface area contributed by atoms with Crippen molar-refractivity contribution in [1.29, 1.82) is 0 Å². The van der Waals surface area contributed by atoms with Crippen LogP contribution < -0.4 is 24.0 Å². The predicted molar refractivity (Wildman–Crippen MR) is 34.5 cm³/mol. The van der Waals surface area contributed by atoms with Gasteiger partial charge in [-0.3, -0.25) is 4.98 Å². The van der Waals surface area contributed by atoms with Crippen LogP contribution in [0.25, 0.3) is 0 Å². The maximum absolute atomic E-state index is 3.81. The Morgan fingerprint density at radius 2 is 1.67 bits per heavy atom. The molecule has 1 rings (SSSR count). The molecule has 0 fully saturated rings. The van der Waals surface area contributed by atoms with Gasteiger partial charge in [0.15, 0.2) is 0 Å². The van der Waals surface area contributed by atoms with E-state index in [9.17, 15) is 0 Å². The van der Waals surface area contributed by atoms with E-state index in [4.69, 9.17) is 0 Å². The largest absolute Gasteiger partial charge is 2.00 e. The normalized spacial score (nSPS) is 6.67. The number of hydrogen-bond donors (Lipinski definition) is 0. The molecule has 0 bridgehead atoms. The third-order valence-electron chi connectivity index (χ3n) is 0.749. The van der Waals surface area contributed by atoms with Gasteiger partial charge in [-0.2, -0.15) is 12.5 Å². The Morgan fingerprint density at radius 3 is 1.89 bits per heavy atom. The van der Waals surface area contributed by atoms with E-state index in [0.29, 0.717) is 0 Å². The molecular formula is C6H6IMgN.